The number of nitrogens with one attached hydrogen (secondary N) is 1. The minimum absolute atomic E-state index is 0.133. The first-order valence-corrected chi connectivity index (χ1v) is 11.4. The number of carbonyl (C=O) groups is 1. The summed E-state index contributed by atoms with van der Waals surface area (Å²) < 4.78 is 2.09. The molecular formula is C21H24N6OS2. The third-order valence-electron chi connectivity index (χ3n) is 4.61. The van der Waals surface area contributed by atoms with E-state index in [1.807, 2.05) is 32.3 Å². The Hall–Kier alpha value is -2.67. The van der Waals surface area contributed by atoms with Gasteiger partial charge in [-0.1, -0.05) is 49.0 Å². The normalized spacial score (nSPS) is 12.0. The van der Waals surface area contributed by atoms with Gasteiger partial charge in [-0.2, -0.15) is 5.26 Å². The minimum Gasteiger partial charge on any atom is -0.316 e. The Morgan fingerprint density at radius 3 is 2.73 bits per heavy atom. The van der Waals surface area contributed by atoms with E-state index in [1.165, 1.54) is 23.1 Å². The molecule has 1 N–H and O–H groups in total. The molecule has 0 aliphatic carbocycles. The van der Waals surface area contributed by atoms with Gasteiger partial charge in [0.05, 0.1) is 23.9 Å². The van der Waals surface area contributed by atoms with E-state index in [4.69, 9.17) is 5.26 Å². The molecule has 7 nitrogen and oxygen atoms in total. The summed E-state index contributed by atoms with van der Waals surface area (Å²) in [6, 6.07) is 14.1. The Bertz CT molecular complexity index is 1020. The van der Waals surface area contributed by atoms with Crippen LogP contribution in [-0.2, 0) is 11.3 Å². The average molecular weight is 441 g/mol. The molecule has 156 valence electrons. The van der Waals surface area contributed by atoms with Crippen molar-refractivity contribution in [3.05, 3.63) is 58.7 Å². The van der Waals surface area contributed by atoms with Crippen molar-refractivity contribution in [2.24, 2.45) is 0 Å². The maximum atomic E-state index is 12.4. The lowest BCUT2D eigenvalue weighted by molar-refractivity contribution is -0.113. The Labute approximate surface area is 184 Å². The molecule has 0 aliphatic heterocycles. The minimum atomic E-state index is -0.172. The molecular weight excluding hydrogens is 416 g/mol. The summed E-state index contributed by atoms with van der Waals surface area (Å²) in [6.07, 6.45) is 0.903. The van der Waals surface area contributed by atoms with Crippen LogP contribution in [0.2, 0.25) is 0 Å². The van der Waals surface area contributed by atoms with Crippen molar-refractivity contribution in [2.45, 2.75) is 31.1 Å². The van der Waals surface area contributed by atoms with E-state index in [-0.39, 0.29) is 17.7 Å². The second kappa shape index (κ2) is 10.4. The number of amides is 1. The predicted octanol–water partition coefficient (Wildman–Crippen LogP) is 4.00. The van der Waals surface area contributed by atoms with E-state index >= 15 is 0 Å². The zero-order valence-electron chi connectivity index (χ0n) is 17.2. The molecule has 0 radical (unpaired) electrons. The first-order chi connectivity index (χ1) is 14.5. The zero-order valence-corrected chi connectivity index (χ0v) is 18.8. The molecule has 2 heterocycles. The van der Waals surface area contributed by atoms with E-state index in [9.17, 15) is 4.79 Å². The molecule has 0 saturated carbocycles. The van der Waals surface area contributed by atoms with Crippen LogP contribution < -0.4 is 5.32 Å². The predicted molar refractivity (Wildman–Crippen MR) is 121 cm³/mol. The van der Waals surface area contributed by atoms with Crippen molar-refractivity contribution >= 4 is 34.0 Å². The fraction of sp³-hybridized carbons (Fsp3) is 0.333. The number of hydrogen-bond acceptors (Lipinski definition) is 7. The second-order valence-corrected chi connectivity index (χ2v) is 8.77. The molecule has 2 aromatic heterocycles. The summed E-state index contributed by atoms with van der Waals surface area (Å²) in [5.41, 5.74) is 1.63. The molecule has 0 fully saturated rings. The van der Waals surface area contributed by atoms with Crippen molar-refractivity contribution in [3.63, 3.8) is 0 Å². The molecule has 3 rings (SSSR count). The lowest BCUT2D eigenvalue weighted by atomic mass is 10.2. The number of rotatable bonds is 9. The summed E-state index contributed by atoms with van der Waals surface area (Å²) in [7, 11) is 4.06. The number of hydrogen-bond donors (Lipinski definition) is 1. The first-order valence-electron chi connectivity index (χ1n) is 9.57. The van der Waals surface area contributed by atoms with Crippen molar-refractivity contribution in [1.29, 1.82) is 5.26 Å². The van der Waals surface area contributed by atoms with Crippen molar-refractivity contribution < 1.29 is 4.79 Å². The number of carbonyl (C=O) groups excluding carboxylic acids is 1. The van der Waals surface area contributed by atoms with Crippen LogP contribution in [0, 0.1) is 11.3 Å². The van der Waals surface area contributed by atoms with Crippen LogP contribution in [0.15, 0.2) is 46.9 Å². The maximum absolute atomic E-state index is 12.4. The van der Waals surface area contributed by atoms with Crippen molar-refractivity contribution in [1.82, 2.24) is 19.7 Å². The van der Waals surface area contributed by atoms with Gasteiger partial charge in [0, 0.05) is 0 Å². The summed E-state index contributed by atoms with van der Waals surface area (Å²) in [4.78, 5) is 14.6. The van der Waals surface area contributed by atoms with E-state index in [0.29, 0.717) is 22.3 Å². The van der Waals surface area contributed by atoms with Crippen LogP contribution in [-0.4, -0.2) is 45.4 Å². The lowest BCUT2D eigenvalue weighted by Crippen LogP contribution is -2.23. The van der Waals surface area contributed by atoms with Gasteiger partial charge < -0.3 is 9.88 Å². The number of thiophene rings is 1. The lowest BCUT2D eigenvalue weighted by Gasteiger charge is -2.23. The number of benzene rings is 1. The van der Waals surface area contributed by atoms with Gasteiger partial charge >= 0.3 is 0 Å². The quantitative estimate of drug-likeness (QED) is 0.506. The van der Waals surface area contributed by atoms with Crippen LogP contribution in [0.3, 0.4) is 0 Å². The van der Waals surface area contributed by atoms with Crippen LogP contribution in [0.5, 0.6) is 0 Å². The topological polar surface area (TPSA) is 86.8 Å². The van der Waals surface area contributed by atoms with Crippen LogP contribution in [0.1, 0.15) is 36.3 Å². The number of anilines is 1. The third-order valence-corrected chi connectivity index (χ3v) is 6.40. The van der Waals surface area contributed by atoms with Gasteiger partial charge in [0.15, 0.2) is 11.0 Å². The monoisotopic (exact) mass is 440 g/mol. The fourth-order valence-corrected chi connectivity index (χ4v) is 4.63. The van der Waals surface area contributed by atoms with Crippen LogP contribution in [0.4, 0.5) is 5.00 Å². The highest BCUT2D eigenvalue weighted by Gasteiger charge is 2.22. The van der Waals surface area contributed by atoms with E-state index < -0.39 is 0 Å². The zero-order chi connectivity index (χ0) is 21.5. The highest BCUT2D eigenvalue weighted by atomic mass is 32.2. The van der Waals surface area contributed by atoms with Gasteiger partial charge in [-0.15, -0.1) is 21.5 Å². The SMILES string of the molecule is CCC(c1nnc(SCC(=O)Nc2sccc2C#N)n1Cc1ccccc1)N(C)C. The number of nitriles is 1. The molecule has 0 aliphatic rings. The van der Waals surface area contributed by atoms with Gasteiger partial charge in [0.1, 0.15) is 11.1 Å². The molecule has 3 aromatic rings. The average Bonchev–Trinajstić information content (AvgIpc) is 3.34. The van der Waals surface area contributed by atoms with E-state index in [2.05, 4.69) is 50.1 Å². The number of nitrogens with zero attached hydrogens (tertiary/aromatic N) is 5. The van der Waals surface area contributed by atoms with E-state index in [1.54, 1.807) is 11.4 Å². The highest BCUT2D eigenvalue weighted by molar-refractivity contribution is 7.99. The van der Waals surface area contributed by atoms with Crippen LogP contribution in [0.25, 0.3) is 0 Å². The van der Waals surface area contributed by atoms with Crippen molar-refractivity contribution in [3.8, 4) is 6.07 Å². The van der Waals surface area contributed by atoms with Gasteiger partial charge in [0.2, 0.25) is 5.91 Å². The Morgan fingerprint density at radius 1 is 1.30 bits per heavy atom. The smallest absolute Gasteiger partial charge is 0.235 e. The van der Waals surface area contributed by atoms with Gasteiger partial charge in [-0.3, -0.25) is 9.69 Å². The largest absolute Gasteiger partial charge is 0.316 e. The molecule has 30 heavy (non-hydrogen) atoms. The Kier molecular flexibility index (Phi) is 7.63. The molecule has 0 saturated heterocycles. The second-order valence-electron chi connectivity index (χ2n) is 6.91. The Balaban J connectivity index is 1.78. The summed E-state index contributed by atoms with van der Waals surface area (Å²) in [6.45, 7) is 2.77. The standard InChI is InChI=1S/C21H24N6OS2/c1-4-17(26(2)3)19-24-25-21(27(19)13-15-8-6-5-7-9-15)30-14-18(28)23-20-16(12-22)10-11-29-20/h5-11,17H,4,13-14H2,1-3H3,(H,23,28). The summed E-state index contributed by atoms with van der Waals surface area (Å²) in [5.74, 6) is 0.905. The van der Waals surface area contributed by atoms with Crippen molar-refractivity contribution in [2.75, 3.05) is 25.2 Å². The molecule has 1 atom stereocenters. The summed E-state index contributed by atoms with van der Waals surface area (Å²) >= 11 is 2.69. The molecule has 9 heteroatoms. The highest BCUT2D eigenvalue weighted by Crippen LogP contribution is 2.27. The van der Waals surface area contributed by atoms with Crippen LogP contribution >= 0.6 is 23.1 Å². The molecule has 1 amide bonds. The number of thioether (sulfide) groups is 1. The molecule has 0 bridgehead atoms. The molecule has 1 unspecified atom stereocenters. The van der Waals surface area contributed by atoms with Gasteiger partial charge in [0.25, 0.3) is 0 Å². The van der Waals surface area contributed by atoms with E-state index in [0.717, 1.165) is 17.8 Å². The van der Waals surface area contributed by atoms with Gasteiger partial charge in [-0.05, 0) is 37.5 Å². The summed E-state index contributed by atoms with van der Waals surface area (Å²) in [5, 5.41) is 23.8. The first kappa shape index (κ1) is 22.0. The number of aromatic nitrogens is 3. The maximum Gasteiger partial charge on any atom is 0.235 e. The molecule has 0 spiro atoms. The van der Waals surface area contributed by atoms with Gasteiger partial charge in [-0.25, -0.2) is 0 Å². The Morgan fingerprint density at radius 2 is 2.07 bits per heavy atom. The fourth-order valence-electron chi connectivity index (χ4n) is 3.13. The third kappa shape index (κ3) is 5.27. The molecule has 1 aromatic carbocycles.